The van der Waals surface area contributed by atoms with E-state index in [1.54, 1.807) is 0 Å². The molecule has 0 bridgehead atoms. The maximum Gasteiger partial charge on any atom is 0.0291 e. The van der Waals surface area contributed by atoms with E-state index in [0.717, 1.165) is 13.0 Å². The van der Waals surface area contributed by atoms with E-state index in [2.05, 4.69) is 81.5 Å². The summed E-state index contributed by atoms with van der Waals surface area (Å²) in [6.07, 6.45) is 1.08. The van der Waals surface area contributed by atoms with Gasteiger partial charge in [-0.05, 0) is 49.4 Å². The third-order valence-corrected chi connectivity index (χ3v) is 4.05. The van der Waals surface area contributed by atoms with Crippen LogP contribution in [0.4, 0.5) is 0 Å². The second-order valence-corrected chi connectivity index (χ2v) is 6.24. The van der Waals surface area contributed by atoms with Gasteiger partial charge in [0.1, 0.15) is 0 Å². The molecule has 0 radical (unpaired) electrons. The molecule has 0 saturated heterocycles. The molecule has 1 heteroatoms. The molecule has 0 aliphatic carbocycles. The molecule has 0 aliphatic rings. The van der Waals surface area contributed by atoms with Gasteiger partial charge in [0.2, 0.25) is 0 Å². The van der Waals surface area contributed by atoms with Crippen molar-refractivity contribution in [3.05, 3.63) is 70.8 Å². The third kappa shape index (κ3) is 4.71. The van der Waals surface area contributed by atoms with Crippen molar-refractivity contribution in [1.82, 2.24) is 5.32 Å². The Morgan fingerprint density at radius 1 is 0.905 bits per heavy atom. The average Bonchev–Trinajstić information content (AvgIpc) is 2.47. The Kier molecular flexibility index (Phi) is 5.58. The van der Waals surface area contributed by atoms with Crippen LogP contribution in [0.3, 0.4) is 0 Å². The van der Waals surface area contributed by atoms with Crippen LogP contribution in [0.2, 0.25) is 0 Å². The maximum atomic E-state index is 3.62. The smallest absolute Gasteiger partial charge is 0.0291 e. The number of hydrogen-bond donors (Lipinski definition) is 1. The quantitative estimate of drug-likeness (QED) is 0.784. The zero-order chi connectivity index (χ0) is 15.2. The molecule has 21 heavy (non-hydrogen) atoms. The van der Waals surface area contributed by atoms with Gasteiger partial charge in [0, 0.05) is 6.04 Å². The Labute approximate surface area is 129 Å². The van der Waals surface area contributed by atoms with Gasteiger partial charge in [0.05, 0.1) is 0 Å². The van der Waals surface area contributed by atoms with Crippen LogP contribution < -0.4 is 5.32 Å². The first kappa shape index (κ1) is 15.8. The van der Waals surface area contributed by atoms with E-state index in [1.165, 1.54) is 22.3 Å². The monoisotopic (exact) mass is 281 g/mol. The van der Waals surface area contributed by atoms with E-state index in [1.807, 2.05) is 0 Å². The summed E-state index contributed by atoms with van der Waals surface area (Å²) in [6, 6.07) is 18.2. The summed E-state index contributed by atoms with van der Waals surface area (Å²) in [5.41, 5.74) is 5.52. The standard InChI is InChI=1S/C20H27N/c1-15(2)19-8-10-20(11-9-19)17(4)21-13-12-18-7-5-6-16(3)14-18/h5-11,14-15,17,21H,12-13H2,1-4H3. The lowest BCUT2D eigenvalue weighted by Crippen LogP contribution is -2.21. The lowest BCUT2D eigenvalue weighted by molar-refractivity contribution is 0.576. The predicted octanol–water partition coefficient (Wildman–Crippen LogP) is 5.01. The minimum absolute atomic E-state index is 0.399. The lowest BCUT2D eigenvalue weighted by Gasteiger charge is -2.15. The van der Waals surface area contributed by atoms with Crippen LogP contribution in [-0.2, 0) is 6.42 Å². The van der Waals surface area contributed by atoms with Crippen molar-refractivity contribution in [2.75, 3.05) is 6.54 Å². The molecule has 1 unspecified atom stereocenters. The Hall–Kier alpha value is -1.60. The summed E-state index contributed by atoms with van der Waals surface area (Å²) in [5, 5.41) is 3.62. The number of rotatable bonds is 6. The van der Waals surface area contributed by atoms with E-state index < -0.39 is 0 Å². The second-order valence-electron chi connectivity index (χ2n) is 6.24. The lowest BCUT2D eigenvalue weighted by atomic mass is 9.99. The van der Waals surface area contributed by atoms with Gasteiger partial charge < -0.3 is 5.32 Å². The highest BCUT2D eigenvalue weighted by Gasteiger charge is 2.05. The zero-order valence-electron chi connectivity index (χ0n) is 13.7. The van der Waals surface area contributed by atoms with E-state index in [0.29, 0.717) is 12.0 Å². The van der Waals surface area contributed by atoms with Crippen molar-refractivity contribution in [3.63, 3.8) is 0 Å². The minimum Gasteiger partial charge on any atom is -0.310 e. The zero-order valence-corrected chi connectivity index (χ0v) is 13.7. The average molecular weight is 281 g/mol. The number of hydrogen-bond acceptors (Lipinski definition) is 1. The van der Waals surface area contributed by atoms with Crippen molar-refractivity contribution in [2.45, 2.75) is 46.1 Å². The van der Waals surface area contributed by atoms with E-state index in [4.69, 9.17) is 0 Å². The van der Waals surface area contributed by atoms with Crippen LogP contribution in [0, 0.1) is 6.92 Å². The van der Waals surface area contributed by atoms with Crippen LogP contribution in [0.15, 0.2) is 48.5 Å². The largest absolute Gasteiger partial charge is 0.310 e. The van der Waals surface area contributed by atoms with E-state index >= 15 is 0 Å². The molecule has 0 saturated carbocycles. The highest BCUT2D eigenvalue weighted by Crippen LogP contribution is 2.18. The number of nitrogens with one attached hydrogen (secondary N) is 1. The molecule has 1 atom stereocenters. The predicted molar refractivity (Wildman–Crippen MR) is 91.8 cm³/mol. The third-order valence-electron chi connectivity index (χ3n) is 4.05. The Bertz CT molecular complexity index is 554. The molecule has 0 amide bonds. The fourth-order valence-electron chi connectivity index (χ4n) is 2.59. The molecule has 0 aromatic heterocycles. The first-order valence-electron chi connectivity index (χ1n) is 7.95. The molecule has 112 valence electrons. The first-order chi connectivity index (χ1) is 10.1. The summed E-state index contributed by atoms with van der Waals surface area (Å²) in [4.78, 5) is 0. The molecule has 1 N–H and O–H groups in total. The normalized spacial score (nSPS) is 12.6. The summed E-state index contributed by atoms with van der Waals surface area (Å²) >= 11 is 0. The van der Waals surface area contributed by atoms with Gasteiger partial charge in [-0.15, -0.1) is 0 Å². The molecule has 2 aromatic rings. The fourth-order valence-corrected chi connectivity index (χ4v) is 2.59. The van der Waals surface area contributed by atoms with Crippen LogP contribution >= 0.6 is 0 Å². The van der Waals surface area contributed by atoms with Crippen LogP contribution in [0.5, 0.6) is 0 Å². The minimum atomic E-state index is 0.399. The summed E-state index contributed by atoms with van der Waals surface area (Å²) in [5.74, 6) is 0.601. The summed E-state index contributed by atoms with van der Waals surface area (Å²) < 4.78 is 0. The van der Waals surface area contributed by atoms with Gasteiger partial charge in [-0.25, -0.2) is 0 Å². The first-order valence-corrected chi connectivity index (χ1v) is 7.95. The van der Waals surface area contributed by atoms with Gasteiger partial charge >= 0.3 is 0 Å². The molecule has 0 spiro atoms. The Morgan fingerprint density at radius 3 is 2.19 bits per heavy atom. The summed E-state index contributed by atoms with van der Waals surface area (Å²) in [6.45, 7) is 9.87. The highest BCUT2D eigenvalue weighted by molar-refractivity contribution is 5.27. The molecule has 0 fully saturated rings. The summed E-state index contributed by atoms with van der Waals surface area (Å²) in [7, 11) is 0. The van der Waals surface area contributed by atoms with Crippen LogP contribution in [0.25, 0.3) is 0 Å². The highest BCUT2D eigenvalue weighted by atomic mass is 14.9. The molecular weight excluding hydrogens is 254 g/mol. The molecule has 0 aliphatic heterocycles. The van der Waals surface area contributed by atoms with Gasteiger partial charge in [-0.1, -0.05) is 67.9 Å². The van der Waals surface area contributed by atoms with Crippen molar-refractivity contribution >= 4 is 0 Å². The fraction of sp³-hybridized carbons (Fsp3) is 0.400. The number of aryl methyl sites for hydroxylation is 1. The van der Waals surface area contributed by atoms with Crippen LogP contribution in [0.1, 0.15) is 55.0 Å². The van der Waals surface area contributed by atoms with Crippen LogP contribution in [-0.4, -0.2) is 6.54 Å². The van der Waals surface area contributed by atoms with Gasteiger partial charge in [-0.3, -0.25) is 0 Å². The number of benzene rings is 2. The second kappa shape index (κ2) is 7.42. The van der Waals surface area contributed by atoms with Crippen molar-refractivity contribution < 1.29 is 0 Å². The molecular formula is C20H27N. The molecule has 1 nitrogen and oxygen atoms in total. The maximum absolute atomic E-state index is 3.62. The Morgan fingerprint density at radius 2 is 1.57 bits per heavy atom. The van der Waals surface area contributed by atoms with E-state index in [9.17, 15) is 0 Å². The molecule has 0 heterocycles. The molecule has 2 rings (SSSR count). The SMILES string of the molecule is Cc1cccc(CCNC(C)c2ccc(C(C)C)cc2)c1. The van der Waals surface area contributed by atoms with E-state index in [-0.39, 0.29) is 0 Å². The van der Waals surface area contributed by atoms with Gasteiger partial charge in [0.15, 0.2) is 0 Å². The van der Waals surface area contributed by atoms with Crippen molar-refractivity contribution in [1.29, 1.82) is 0 Å². The van der Waals surface area contributed by atoms with Gasteiger partial charge in [0.25, 0.3) is 0 Å². The Balaban J connectivity index is 1.85. The van der Waals surface area contributed by atoms with Crippen molar-refractivity contribution in [2.24, 2.45) is 0 Å². The molecule has 2 aromatic carbocycles. The van der Waals surface area contributed by atoms with Gasteiger partial charge in [-0.2, -0.15) is 0 Å². The topological polar surface area (TPSA) is 12.0 Å². The van der Waals surface area contributed by atoms with Crippen molar-refractivity contribution in [3.8, 4) is 0 Å².